The van der Waals surface area contributed by atoms with Crippen molar-refractivity contribution in [3.63, 3.8) is 0 Å². The van der Waals surface area contributed by atoms with E-state index in [0.717, 1.165) is 42.1 Å². The van der Waals surface area contributed by atoms with Gasteiger partial charge in [-0.05, 0) is 37.5 Å². The molecule has 162 valence electrons. The number of unbranched alkanes of at least 4 members (excludes halogenated alkanes) is 10. The van der Waals surface area contributed by atoms with Crippen molar-refractivity contribution in [2.75, 3.05) is 13.2 Å². The quantitative estimate of drug-likeness (QED) is 0.181. The van der Waals surface area contributed by atoms with Gasteiger partial charge in [-0.25, -0.2) is 0 Å². The molecule has 0 N–H and O–H groups in total. The Morgan fingerprint density at radius 2 is 1.14 bits per heavy atom. The Balaban J connectivity index is 2.46. The van der Waals surface area contributed by atoms with Gasteiger partial charge >= 0.3 is 0 Å². The van der Waals surface area contributed by atoms with Crippen LogP contribution in [0.1, 0.15) is 107 Å². The molecule has 0 aliphatic carbocycles. The molecular formula is C24H40Cl2O2. The van der Waals surface area contributed by atoms with Crippen LogP contribution in [0.25, 0.3) is 0 Å². The molecule has 28 heavy (non-hydrogen) atoms. The Morgan fingerprint density at radius 1 is 0.679 bits per heavy atom. The van der Waals surface area contributed by atoms with Crippen LogP contribution in [0, 0.1) is 6.92 Å². The van der Waals surface area contributed by atoms with Crippen LogP contribution in [-0.4, -0.2) is 13.2 Å². The lowest BCUT2D eigenvalue weighted by Crippen LogP contribution is -2.04. The number of ether oxygens (including phenoxy) is 2. The SMILES string of the molecule is CCCCCCCCOc1cc(C(Cl)Cl)c(OCCCCCCCC)cc1C. The van der Waals surface area contributed by atoms with Crippen molar-refractivity contribution in [1.29, 1.82) is 0 Å². The smallest absolute Gasteiger partial charge is 0.136 e. The second-order valence-corrected chi connectivity index (χ2v) is 8.78. The summed E-state index contributed by atoms with van der Waals surface area (Å²) >= 11 is 12.4. The van der Waals surface area contributed by atoms with Crippen LogP contribution in [0.3, 0.4) is 0 Å². The van der Waals surface area contributed by atoms with Crippen molar-refractivity contribution in [3.8, 4) is 11.5 Å². The van der Waals surface area contributed by atoms with E-state index in [2.05, 4.69) is 20.8 Å². The first-order chi connectivity index (χ1) is 13.6. The minimum absolute atomic E-state index is 0.614. The fraction of sp³-hybridized carbons (Fsp3) is 0.750. The molecule has 2 nitrogen and oxygen atoms in total. The zero-order valence-electron chi connectivity index (χ0n) is 18.2. The van der Waals surface area contributed by atoms with Gasteiger partial charge < -0.3 is 9.47 Å². The highest BCUT2D eigenvalue weighted by Gasteiger charge is 2.15. The molecule has 1 rings (SSSR count). The summed E-state index contributed by atoms with van der Waals surface area (Å²) in [4.78, 5) is -0.614. The van der Waals surface area contributed by atoms with Crippen LogP contribution >= 0.6 is 23.2 Å². The monoisotopic (exact) mass is 430 g/mol. The summed E-state index contributed by atoms with van der Waals surface area (Å²) in [5.74, 6) is 1.65. The number of alkyl halides is 2. The highest BCUT2D eigenvalue weighted by molar-refractivity contribution is 6.44. The lowest BCUT2D eigenvalue weighted by Gasteiger charge is -2.17. The molecule has 0 heterocycles. The maximum absolute atomic E-state index is 6.19. The molecule has 0 unspecified atom stereocenters. The van der Waals surface area contributed by atoms with Gasteiger partial charge in [0.2, 0.25) is 0 Å². The highest BCUT2D eigenvalue weighted by atomic mass is 35.5. The van der Waals surface area contributed by atoms with Gasteiger partial charge in [0.25, 0.3) is 0 Å². The van der Waals surface area contributed by atoms with Crippen molar-refractivity contribution in [2.24, 2.45) is 0 Å². The largest absolute Gasteiger partial charge is 0.493 e. The van der Waals surface area contributed by atoms with Crippen molar-refractivity contribution in [3.05, 3.63) is 23.3 Å². The third-order valence-electron chi connectivity index (χ3n) is 5.05. The Kier molecular flexibility index (Phi) is 14.7. The van der Waals surface area contributed by atoms with Crippen molar-refractivity contribution < 1.29 is 9.47 Å². The van der Waals surface area contributed by atoms with E-state index in [-0.39, 0.29) is 0 Å². The van der Waals surface area contributed by atoms with Gasteiger partial charge in [0.05, 0.1) is 13.2 Å². The first kappa shape index (κ1) is 25.4. The van der Waals surface area contributed by atoms with E-state index >= 15 is 0 Å². The number of rotatable bonds is 17. The molecule has 0 atom stereocenters. The van der Waals surface area contributed by atoms with Gasteiger partial charge in [-0.2, -0.15) is 0 Å². The maximum atomic E-state index is 6.19. The van der Waals surface area contributed by atoms with Crippen molar-refractivity contribution in [1.82, 2.24) is 0 Å². The predicted molar refractivity (Wildman–Crippen MR) is 123 cm³/mol. The number of hydrogen-bond donors (Lipinski definition) is 0. The zero-order valence-corrected chi connectivity index (χ0v) is 19.7. The molecule has 0 saturated heterocycles. The predicted octanol–water partition coefficient (Wildman–Crippen LogP) is 8.95. The fourth-order valence-corrected chi connectivity index (χ4v) is 3.60. The summed E-state index contributed by atoms with van der Waals surface area (Å²) in [7, 11) is 0. The van der Waals surface area contributed by atoms with Crippen molar-refractivity contribution in [2.45, 2.75) is 103 Å². The molecule has 0 fully saturated rings. The summed E-state index contributed by atoms with van der Waals surface area (Å²) in [6, 6.07) is 3.97. The van der Waals surface area contributed by atoms with E-state index in [1.807, 2.05) is 12.1 Å². The van der Waals surface area contributed by atoms with E-state index in [9.17, 15) is 0 Å². The summed E-state index contributed by atoms with van der Waals surface area (Å²) in [5, 5.41) is 0. The third kappa shape index (κ3) is 10.8. The molecule has 0 aromatic heterocycles. The summed E-state index contributed by atoms with van der Waals surface area (Å²) in [5.41, 5.74) is 1.87. The molecule has 0 aliphatic rings. The van der Waals surface area contributed by atoms with E-state index in [0.29, 0.717) is 6.61 Å². The molecule has 1 aromatic carbocycles. The van der Waals surface area contributed by atoms with Crippen LogP contribution in [0.5, 0.6) is 11.5 Å². The Morgan fingerprint density at radius 3 is 1.64 bits per heavy atom. The molecule has 0 spiro atoms. The lowest BCUT2D eigenvalue weighted by molar-refractivity contribution is 0.293. The van der Waals surface area contributed by atoms with Crippen LogP contribution in [0.4, 0.5) is 0 Å². The molecule has 0 amide bonds. The van der Waals surface area contributed by atoms with Gasteiger partial charge in [-0.3, -0.25) is 0 Å². The van der Waals surface area contributed by atoms with Crippen LogP contribution in [0.2, 0.25) is 0 Å². The number of aryl methyl sites for hydroxylation is 1. The van der Waals surface area contributed by atoms with E-state index in [1.165, 1.54) is 64.2 Å². The first-order valence-corrected chi connectivity index (χ1v) is 12.2. The molecule has 0 radical (unpaired) electrons. The molecule has 0 bridgehead atoms. The number of benzene rings is 1. The molecule has 0 aliphatic heterocycles. The Labute approximate surface area is 183 Å². The second kappa shape index (κ2) is 16.2. The maximum Gasteiger partial charge on any atom is 0.136 e. The highest BCUT2D eigenvalue weighted by Crippen LogP contribution is 2.37. The van der Waals surface area contributed by atoms with Crippen LogP contribution < -0.4 is 9.47 Å². The lowest BCUT2D eigenvalue weighted by atomic mass is 10.1. The Hall–Kier alpha value is -0.600. The molecule has 4 heteroatoms. The average Bonchev–Trinajstić information content (AvgIpc) is 2.67. The molecule has 1 aromatic rings. The fourth-order valence-electron chi connectivity index (χ4n) is 3.26. The van der Waals surface area contributed by atoms with Crippen LogP contribution in [0.15, 0.2) is 12.1 Å². The van der Waals surface area contributed by atoms with Crippen LogP contribution in [-0.2, 0) is 0 Å². The van der Waals surface area contributed by atoms with Gasteiger partial charge in [0.1, 0.15) is 16.3 Å². The number of hydrogen-bond acceptors (Lipinski definition) is 2. The van der Waals surface area contributed by atoms with E-state index < -0.39 is 4.84 Å². The summed E-state index contributed by atoms with van der Waals surface area (Å²) in [6.45, 7) is 7.97. The van der Waals surface area contributed by atoms with E-state index in [4.69, 9.17) is 32.7 Å². The van der Waals surface area contributed by atoms with Gasteiger partial charge in [-0.1, -0.05) is 101 Å². The molecule has 0 saturated carbocycles. The third-order valence-corrected chi connectivity index (χ3v) is 5.52. The van der Waals surface area contributed by atoms with Crippen molar-refractivity contribution >= 4 is 23.2 Å². The summed E-state index contributed by atoms with van der Waals surface area (Å²) in [6.07, 6.45) is 15.0. The molecular weight excluding hydrogens is 391 g/mol. The first-order valence-electron chi connectivity index (χ1n) is 11.3. The topological polar surface area (TPSA) is 18.5 Å². The normalized spacial score (nSPS) is 11.2. The van der Waals surface area contributed by atoms with Gasteiger partial charge in [0.15, 0.2) is 0 Å². The number of halogens is 2. The summed E-state index contributed by atoms with van der Waals surface area (Å²) < 4.78 is 12.0. The minimum atomic E-state index is -0.614. The standard InChI is InChI=1S/C24H40Cl2O2/c1-4-6-8-10-12-14-16-27-22-19-21(24(25)26)23(18-20(22)3)28-17-15-13-11-9-7-5-2/h18-19,24H,4-17H2,1-3H3. The average molecular weight is 431 g/mol. The van der Waals surface area contributed by atoms with E-state index in [1.54, 1.807) is 0 Å². The van der Waals surface area contributed by atoms with Gasteiger partial charge in [-0.15, -0.1) is 0 Å². The zero-order chi connectivity index (χ0) is 20.6. The van der Waals surface area contributed by atoms with Gasteiger partial charge in [0, 0.05) is 5.56 Å². The minimum Gasteiger partial charge on any atom is -0.493 e. The second-order valence-electron chi connectivity index (χ2n) is 7.69. The Bertz CT molecular complexity index is 518.